The third kappa shape index (κ3) is 4.60. The summed E-state index contributed by atoms with van der Waals surface area (Å²) >= 11 is 0. The van der Waals surface area contributed by atoms with Crippen LogP contribution in [0.25, 0.3) is 22.2 Å². The van der Waals surface area contributed by atoms with Gasteiger partial charge in [0, 0.05) is 72.8 Å². The van der Waals surface area contributed by atoms with Gasteiger partial charge in [-0.2, -0.15) is 12.7 Å². The molecule has 5 fully saturated rings. The molecule has 2 aromatic carbocycles. The maximum absolute atomic E-state index is 15.0. The fraction of sp³-hybridized carbons (Fsp3) is 0.568. The van der Waals surface area contributed by atoms with Crippen molar-refractivity contribution in [3.05, 3.63) is 53.1 Å². The molecule has 11 heteroatoms. The molecule has 2 bridgehead atoms. The number of hydrogen-bond acceptors (Lipinski definition) is 6. The van der Waals surface area contributed by atoms with Crippen LogP contribution in [0.4, 0.5) is 0 Å². The van der Waals surface area contributed by atoms with Crippen LogP contribution in [0.2, 0.25) is 0 Å². The van der Waals surface area contributed by atoms with E-state index in [1.165, 1.54) is 34.7 Å². The smallest absolute Gasteiger partial charge is 0.304 e. The summed E-state index contributed by atoms with van der Waals surface area (Å²) in [7, 11) is -0.0294. The molecule has 0 spiro atoms. The van der Waals surface area contributed by atoms with Crippen molar-refractivity contribution in [2.75, 3.05) is 40.3 Å². The van der Waals surface area contributed by atoms with Crippen LogP contribution in [0, 0.1) is 5.41 Å². The number of carbonyl (C=O) groups is 2. The summed E-state index contributed by atoms with van der Waals surface area (Å²) < 4.78 is 37.4. The van der Waals surface area contributed by atoms with E-state index >= 15 is 4.79 Å². The van der Waals surface area contributed by atoms with E-state index < -0.39 is 21.5 Å². The minimum absolute atomic E-state index is 0.0801. The summed E-state index contributed by atoms with van der Waals surface area (Å²) in [5.74, 6) is 0.893. The average Bonchev–Trinajstić information content (AvgIpc) is 3.63. The lowest BCUT2D eigenvalue weighted by atomic mass is 9.81. The van der Waals surface area contributed by atoms with Crippen molar-refractivity contribution < 1.29 is 22.7 Å². The number of nitrogens with one attached hydrogen (secondary N) is 1. The first-order chi connectivity index (χ1) is 23.2. The molecule has 2 amide bonds. The average molecular weight is 672 g/mol. The Morgan fingerprint density at radius 1 is 0.938 bits per heavy atom. The van der Waals surface area contributed by atoms with Crippen LogP contribution >= 0.6 is 0 Å². The van der Waals surface area contributed by atoms with Crippen LogP contribution in [-0.2, 0) is 21.5 Å². The number of piperazine rings is 1. The molecule has 9 rings (SSSR count). The minimum Gasteiger partial charge on any atom is -0.497 e. The number of benzene rings is 2. The van der Waals surface area contributed by atoms with Crippen molar-refractivity contribution in [3.63, 3.8) is 0 Å². The van der Waals surface area contributed by atoms with Gasteiger partial charge < -0.3 is 19.1 Å². The molecule has 10 nitrogen and oxygen atoms in total. The lowest BCUT2D eigenvalue weighted by molar-refractivity contribution is -0.143. The molecule has 1 aromatic heterocycles. The maximum Gasteiger partial charge on any atom is 0.304 e. The molecule has 3 aromatic rings. The van der Waals surface area contributed by atoms with Gasteiger partial charge in [0.25, 0.3) is 5.91 Å². The number of rotatable bonds is 6. The van der Waals surface area contributed by atoms with Gasteiger partial charge in [-0.3, -0.25) is 9.59 Å². The third-order valence-corrected chi connectivity index (χ3v) is 14.0. The number of amides is 2. The third-order valence-electron chi connectivity index (χ3n) is 12.5. The Bertz CT molecular complexity index is 1930. The molecular formula is C37H45N5O5S. The molecule has 4 unspecified atom stereocenters. The van der Waals surface area contributed by atoms with E-state index in [9.17, 15) is 13.2 Å². The van der Waals surface area contributed by atoms with Gasteiger partial charge in [-0.25, -0.2) is 4.72 Å². The Morgan fingerprint density at radius 3 is 2.38 bits per heavy atom. The van der Waals surface area contributed by atoms with Crippen LogP contribution in [0.3, 0.4) is 0 Å². The van der Waals surface area contributed by atoms with Gasteiger partial charge in [0.05, 0.1) is 18.2 Å². The van der Waals surface area contributed by atoms with Crippen molar-refractivity contribution >= 4 is 32.9 Å². The summed E-state index contributed by atoms with van der Waals surface area (Å²) in [5.41, 5.74) is 5.42. The van der Waals surface area contributed by atoms with Crippen molar-refractivity contribution in [1.82, 2.24) is 23.4 Å². The van der Waals surface area contributed by atoms with Crippen molar-refractivity contribution in [1.29, 1.82) is 0 Å². The molecule has 0 radical (unpaired) electrons. The lowest BCUT2D eigenvalue weighted by Crippen LogP contribution is -2.57. The number of likely N-dealkylation sites (N-methyl/N-ethyl adjacent to an activating group) is 1. The van der Waals surface area contributed by atoms with Gasteiger partial charge in [0.1, 0.15) is 5.75 Å². The first-order valence-corrected chi connectivity index (χ1v) is 19.3. The van der Waals surface area contributed by atoms with E-state index in [1.54, 1.807) is 13.2 Å². The minimum atomic E-state index is -3.89. The zero-order valence-electron chi connectivity index (χ0n) is 27.9. The number of ether oxygens (including phenoxy) is 1. The maximum atomic E-state index is 15.0. The van der Waals surface area contributed by atoms with Gasteiger partial charge in [0.15, 0.2) is 0 Å². The molecule has 3 saturated heterocycles. The number of carbonyl (C=O) groups excluding carboxylic acids is 2. The van der Waals surface area contributed by atoms with E-state index in [2.05, 4.69) is 38.3 Å². The predicted molar refractivity (Wildman–Crippen MR) is 183 cm³/mol. The molecule has 2 aliphatic carbocycles. The first kappa shape index (κ1) is 30.6. The van der Waals surface area contributed by atoms with Crippen molar-refractivity contribution in [3.8, 4) is 17.0 Å². The molecule has 5 heterocycles. The van der Waals surface area contributed by atoms with E-state index in [0.29, 0.717) is 31.1 Å². The zero-order valence-corrected chi connectivity index (χ0v) is 28.7. The van der Waals surface area contributed by atoms with E-state index in [-0.39, 0.29) is 23.9 Å². The Labute approximate surface area is 282 Å². The number of aromatic nitrogens is 1. The lowest BCUT2D eigenvalue weighted by Gasteiger charge is -2.41. The summed E-state index contributed by atoms with van der Waals surface area (Å²) in [5, 5.41) is 1.10. The topological polar surface area (TPSA) is 104 Å². The molecule has 48 heavy (non-hydrogen) atoms. The molecule has 2 saturated carbocycles. The zero-order chi connectivity index (χ0) is 32.9. The van der Waals surface area contributed by atoms with Crippen molar-refractivity contribution in [2.45, 2.75) is 88.3 Å². The first-order valence-electron chi connectivity index (χ1n) is 17.9. The molecular weight excluding hydrogens is 627 g/mol. The Kier molecular flexibility index (Phi) is 7.05. The van der Waals surface area contributed by atoms with E-state index in [4.69, 9.17) is 4.74 Å². The van der Waals surface area contributed by atoms with Crippen LogP contribution in [-0.4, -0.2) is 91.3 Å². The van der Waals surface area contributed by atoms with Crippen LogP contribution in [0.1, 0.15) is 91.1 Å². The van der Waals surface area contributed by atoms with Crippen molar-refractivity contribution in [2.24, 2.45) is 5.41 Å². The number of likely N-dealkylation sites (tertiary alicyclic amines) is 1. The number of methoxy groups -OCH3 is 1. The van der Waals surface area contributed by atoms with Gasteiger partial charge in [-0.1, -0.05) is 25.3 Å². The molecule has 4 aliphatic heterocycles. The standard InChI is InChI=1S/C37H45N5O5S/c1-39-20-25-10-11-26(21-39)42(25)36(44)37-19-31(37)30-18-27(47-2)12-14-28(30)34-33(23-7-4-3-5-8-23)29-13-9-24(17-32(29)41(34)22-37)35(43)38-48(45,46)40-15-6-16-40/h9,12-14,17-18,23,25-26,31H,3-8,10-11,15-16,19-22H2,1-2H3,(H,38,43). The normalized spacial score (nSPS) is 28.6. The fourth-order valence-electron chi connectivity index (χ4n) is 9.89. The fourth-order valence-corrected chi connectivity index (χ4v) is 11.1. The van der Waals surface area contributed by atoms with Gasteiger partial charge in [-0.05, 0) is 92.9 Å². The van der Waals surface area contributed by atoms with E-state index in [0.717, 1.165) is 79.5 Å². The largest absolute Gasteiger partial charge is 0.497 e. The van der Waals surface area contributed by atoms with Gasteiger partial charge in [-0.15, -0.1) is 0 Å². The second kappa shape index (κ2) is 11.1. The summed E-state index contributed by atoms with van der Waals surface area (Å²) in [6.45, 7) is 3.21. The van der Waals surface area contributed by atoms with Gasteiger partial charge in [0.2, 0.25) is 5.91 Å². The Hall–Kier alpha value is -3.41. The highest BCUT2D eigenvalue weighted by molar-refractivity contribution is 7.87. The SMILES string of the molecule is COc1ccc2c(c1)C1CC1(C(=O)N1C3CCC1CN(C)C3)Cn1c-2c(C2CCCCC2)c2ccc(C(=O)NS(=O)(=O)N3CCC3)cc21. The second-order valence-corrected chi connectivity index (χ2v) is 17.0. The predicted octanol–water partition coefficient (Wildman–Crippen LogP) is 4.84. The number of nitrogens with zero attached hydrogens (tertiary/aromatic N) is 4. The van der Waals surface area contributed by atoms with Crippen LogP contribution in [0.15, 0.2) is 36.4 Å². The number of hydrogen-bond donors (Lipinski definition) is 1. The highest BCUT2D eigenvalue weighted by atomic mass is 32.2. The molecule has 6 aliphatic rings. The Morgan fingerprint density at radius 2 is 1.69 bits per heavy atom. The summed E-state index contributed by atoms with van der Waals surface area (Å²) in [6, 6.07) is 12.5. The summed E-state index contributed by atoms with van der Waals surface area (Å²) in [6.07, 6.45) is 9.48. The molecule has 4 atom stereocenters. The highest BCUT2D eigenvalue weighted by Gasteiger charge is 2.65. The quantitative estimate of drug-likeness (QED) is 0.403. The van der Waals surface area contributed by atoms with Crippen LogP contribution < -0.4 is 9.46 Å². The van der Waals surface area contributed by atoms with Crippen LogP contribution in [0.5, 0.6) is 5.75 Å². The Balaban J connectivity index is 1.21. The summed E-state index contributed by atoms with van der Waals surface area (Å²) in [4.78, 5) is 33.1. The highest BCUT2D eigenvalue weighted by Crippen LogP contribution is 2.66. The number of fused-ring (bicyclic) bond motifs is 9. The monoisotopic (exact) mass is 671 g/mol. The molecule has 1 N–H and O–H groups in total. The van der Waals surface area contributed by atoms with Gasteiger partial charge >= 0.3 is 10.2 Å². The second-order valence-electron chi connectivity index (χ2n) is 15.3. The van der Waals surface area contributed by atoms with E-state index in [1.807, 2.05) is 18.2 Å². The molecule has 254 valence electrons.